The van der Waals surface area contributed by atoms with Gasteiger partial charge in [0, 0.05) is 23.5 Å². The number of hydrogen-bond acceptors (Lipinski definition) is 5. The first-order valence-electron chi connectivity index (χ1n) is 7.20. The van der Waals surface area contributed by atoms with Gasteiger partial charge in [-0.1, -0.05) is 6.07 Å². The van der Waals surface area contributed by atoms with Gasteiger partial charge in [0.15, 0.2) is 17.3 Å². The molecule has 2 aromatic heterocycles. The molecule has 3 rings (SSSR count). The van der Waals surface area contributed by atoms with Crippen LogP contribution >= 0.6 is 0 Å². The highest BCUT2D eigenvalue weighted by molar-refractivity contribution is 5.89. The molecule has 0 aliphatic heterocycles. The van der Waals surface area contributed by atoms with E-state index in [0.717, 1.165) is 22.2 Å². The Morgan fingerprint density at radius 3 is 2.57 bits per heavy atom. The Morgan fingerprint density at radius 1 is 1.00 bits per heavy atom. The summed E-state index contributed by atoms with van der Waals surface area (Å²) < 4.78 is 10.8. The molecule has 5 nitrogen and oxygen atoms in total. The lowest BCUT2D eigenvalue weighted by Gasteiger charge is -2.11. The Hall–Kier alpha value is -2.95. The van der Waals surface area contributed by atoms with Gasteiger partial charge in [-0.25, -0.2) is 9.97 Å². The van der Waals surface area contributed by atoms with Crippen LogP contribution in [0.25, 0.3) is 23.1 Å². The van der Waals surface area contributed by atoms with Crippen molar-refractivity contribution >= 4 is 23.1 Å². The Morgan fingerprint density at radius 2 is 1.87 bits per heavy atom. The van der Waals surface area contributed by atoms with E-state index in [1.807, 2.05) is 43.3 Å². The first kappa shape index (κ1) is 15.0. The third kappa shape index (κ3) is 2.99. The molecule has 0 radical (unpaired) electrons. The van der Waals surface area contributed by atoms with Gasteiger partial charge in [0.2, 0.25) is 0 Å². The number of pyridine rings is 1. The number of fused-ring (bicyclic) bond motifs is 1. The van der Waals surface area contributed by atoms with Gasteiger partial charge >= 0.3 is 0 Å². The lowest BCUT2D eigenvalue weighted by Crippen LogP contribution is -1.98. The van der Waals surface area contributed by atoms with Gasteiger partial charge in [0.1, 0.15) is 5.52 Å². The van der Waals surface area contributed by atoms with Crippen LogP contribution in [-0.2, 0) is 0 Å². The molecule has 23 heavy (non-hydrogen) atoms. The molecule has 0 atom stereocenters. The Labute approximate surface area is 134 Å². The summed E-state index contributed by atoms with van der Waals surface area (Å²) in [7, 11) is 3.22. The molecule has 0 bridgehead atoms. The minimum Gasteiger partial charge on any atom is -0.493 e. The van der Waals surface area contributed by atoms with Crippen molar-refractivity contribution in [2.75, 3.05) is 14.2 Å². The highest BCUT2D eigenvalue weighted by atomic mass is 16.5. The van der Waals surface area contributed by atoms with Crippen molar-refractivity contribution in [1.29, 1.82) is 0 Å². The fourth-order valence-corrected chi connectivity index (χ4v) is 2.41. The van der Waals surface area contributed by atoms with E-state index in [4.69, 9.17) is 9.47 Å². The van der Waals surface area contributed by atoms with Gasteiger partial charge < -0.3 is 9.47 Å². The molecule has 0 aliphatic carbocycles. The van der Waals surface area contributed by atoms with Crippen LogP contribution in [0.4, 0.5) is 0 Å². The maximum absolute atomic E-state index is 5.47. The normalized spacial score (nSPS) is 11.1. The summed E-state index contributed by atoms with van der Waals surface area (Å²) in [6, 6.07) is 7.67. The maximum Gasteiger partial charge on any atom is 0.187 e. The van der Waals surface area contributed by atoms with Gasteiger partial charge in [-0.3, -0.25) is 4.98 Å². The van der Waals surface area contributed by atoms with Gasteiger partial charge in [0.25, 0.3) is 0 Å². The zero-order valence-corrected chi connectivity index (χ0v) is 13.3. The SMILES string of the molecule is COc1ccc2c(C)nc(/C=C/c3cccnc3)nc2c1OC. The van der Waals surface area contributed by atoms with Gasteiger partial charge in [-0.15, -0.1) is 0 Å². The van der Waals surface area contributed by atoms with Gasteiger partial charge in [0.05, 0.1) is 14.2 Å². The lowest BCUT2D eigenvalue weighted by molar-refractivity contribution is 0.358. The number of nitrogens with zero attached hydrogens (tertiary/aromatic N) is 3. The number of aryl methyl sites for hydroxylation is 1. The monoisotopic (exact) mass is 307 g/mol. The second-order valence-corrected chi connectivity index (χ2v) is 4.98. The van der Waals surface area contributed by atoms with Crippen molar-refractivity contribution < 1.29 is 9.47 Å². The number of ether oxygens (including phenoxy) is 2. The first-order chi connectivity index (χ1) is 11.2. The van der Waals surface area contributed by atoms with E-state index in [9.17, 15) is 0 Å². The average Bonchev–Trinajstić information content (AvgIpc) is 2.59. The zero-order valence-electron chi connectivity index (χ0n) is 13.3. The molecular formula is C18H17N3O2. The predicted octanol–water partition coefficient (Wildman–Crippen LogP) is 3.52. The second kappa shape index (κ2) is 6.44. The van der Waals surface area contributed by atoms with Crippen molar-refractivity contribution in [3.63, 3.8) is 0 Å². The van der Waals surface area contributed by atoms with Crippen LogP contribution in [-0.4, -0.2) is 29.2 Å². The molecular weight excluding hydrogens is 290 g/mol. The molecule has 3 aromatic rings. The number of benzene rings is 1. The van der Waals surface area contributed by atoms with Crippen LogP contribution in [0.15, 0.2) is 36.7 Å². The van der Waals surface area contributed by atoms with Crippen molar-refractivity contribution in [1.82, 2.24) is 15.0 Å². The van der Waals surface area contributed by atoms with E-state index >= 15 is 0 Å². The van der Waals surface area contributed by atoms with E-state index in [-0.39, 0.29) is 0 Å². The minimum absolute atomic E-state index is 0.616. The quantitative estimate of drug-likeness (QED) is 0.738. The highest BCUT2D eigenvalue weighted by Gasteiger charge is 2.13. The van der Waals surface area contributed by atoms with Crippen molar-refractivity contribution in [2.24, 2.45) is 0 Å². The first-order valence-corrected chi connectivity index (χ1v) is 7.20. The van der Waals surface area contributed by atoms with Crippen LogP contribution in [0, 0.1) is 6.92 Å². The van der Waals surface area contributed by atoms with E-state index in [1.165, 1.54) is 0 Å². The fourth-order valence-electron chi connectivity index (χ4n) is 2.41. The van der Waals surface area contributed by atoms with Gasteiger partial charge in [-0.2, -0.15) is 0 Å². The molecule has 0 spiro atoms. The molecule has 116 valence electrons. The third-order valence-corrected chi connectivity index (χ3v) is 3.53. The highest BCUT2D eigenvalue weighted by Crippen LogP contribution is 2.35. The average molecular weight is 307 g/mol. The number of hydrogen-bond donors (Lipinski definition) is 0. The minimum atomic E-state index is 0.616. The van der Waals surface area contributed by atoms with E-state index in [2.05, 4.69) is 15.0 Å². The summed E-state index contributed by atoms with van der Waals surface area (Å²) >= 11 is 0. The molecule has 0 fully saturated rings. The summed E-state index contributed by atoms with van der Waals surface area (Å²) in [5, 5.41) is 0.946. The summed E-state index contributed by atoms with van der Waals surface area (Å²) in [6.45, 7) is 1.96. The molecule has 5 heteroatoms. The van der Waals surface area contributed by atoms with Crippen molar-refractivity contribution in [2.45, 2.75) is 6.92 Å². The molecule has 0 aliphatic rings. The number of rotatable bonds is 4. The number of methoxy groups -OCH3 is 2. The van der Waals surface area contributed by atoms with Gasteiger partial charge in [-0.05, 0) is 42.8 Å². The van der Waals surface area contributed by atoms with Crippen LogP contribution in [0.3, 0.4) is 0 Å². The largest absolute Gasteiger partial charge is 0.493 e. The summed E-state index contributed by atoms with van der Waals surface area (Å²) in [4.78, 5) is 13.2. The van der Waals surface area contributed by atoms with Crippen molar-refractivity contribution in [3.8, 4) is 11.5 Å². The van der Waals surface area contributed by atoms with Crippen LogP contribution in [0.5, 0.6) is 11.5 Å². The number of aromatic nitrogens is 3. The van der Waals surface area contributed by atoms with E-state index in [1.54, 1.807) is 26.6 Å². The Kier molecular flexibility index (Phi) is 4.19. The van der Waals surface area contributed by atoms with E-state index in [0.29, 0.717) is 17.3 Å². The summed E-state index contributed by atoms with van der Waals surface area (Å²) in [5.41, 5.74) is 2.62. The predicted molar refractivity (Wildman–Crippen MR) is 90.5 cm³/mol. The molecule has 2 heterocycles. The zero-order chi connectivity index (χ0) is 16.2. The topological polar surface area (TPSA) is 57.1 Å². The van der Waals surface area contributed by atoms with Crippen molar-refractivity contribution in [3.05, 3.63) is 53.7 Å². The van der Waals surface area contributed by atoms with Crippen LogP contribution in [0.2, 0.25) is 0 Å². The fraction of sp³-hybridized carbons (Fsp3) is 0.167. The van der Waals surface area contributed by atoms with Crippen LogP contribution in [0.1, 0.15) is 17.1 Å². The Bertz CT molecular complexity index is 861. The maximum atomic E-state index is 5.47. The molecule has 0 saturated heterocycles. The molecule has 0 N–H and O–H groups in total. The second-order valence-electron chi connectivity index (χ2n) is 4.98. The summed E-state index contributed by atoms with van der Waals surface area (Å²) in [5.74, 6) is 1.89. The third-order valence-electron chi connectivity index (χ3n) is 3.53. The molecule has 0 unspecified atom stereocenters. The summed E-state index contributed by atoms with van der Waals surface area (Å²) in [6.07, 6.45) is 7.32. The molecule has 0 amide bonds. The molecule has 0 saturated carbocycles. The standard InChI is InChI=1S/C18H17N3O2/c1-12-14-7-8-15(22-2)18(23-3)17(14)21-16(20-12)9-6-13-5-4-10-19-11-13/h4-11H,1-3H3/b9-6+. The van der Waals surface area contributed by atoms with E-state index < -0.39 is 0 Å². The smallest absolute Gasteiger partial charge is 0.187 e. The Balaban J connectivity index is 2.10. The lowest BCUT2D eigenvalue weighted by atomic mass is 10.1. The van der Waals surface area contributed by atoms with Crippen LogP contribution < -0.4 is 9.47 Å². The molecule has 1 aromatic carbocycles.